The maximum atomic E-state index is 5.67. The lowest BCUT2D eigenvalue weighted by Gasteiger charge is -2.12. The minimum absolute atomic E-state index is 0.579. The van der Waals surface area contributed by atoms with Crippen LogP contribution in [0, 0.1) is 6.92 Å². The van der Waals surface area contributed by atoms with Crippen molar-refractivity contribution in [2.75, 3.05) is 20.2 Å². The highest BCUT2D eigenvalue weighted by molar-refractivity contribution is 5.79. The summed E-state index contributed by atoms with van der Waals surface area (Å²) in [6.45, 7) is 3.99. The molecule has 1 heterocycles. The van der Waals surface area contributed by atoms with Crippen molar-refractivity contribution >= 4 is 5.96 Å². The lowest BCUT2D eigenvalue weighted by atomic mass is 10.2. The van der Waals surface area contributed by atoms with Crippen molar-refractivity contribution in [1.82, 2.24) is 20.4 Å². The van der Waals surface area contributed by atoms with Gasteiger partial charge in [0.05, 0.1) is 18.8 Å². The Morgan fingerprint density at radius 1 is 1.23 bits per heavy atom. The Morgan fingerprint density at radius 3 is 2.64 bits per heavy atom. The highest BCUT2D eigenvalue weighted by Gasteiger charge is 2.01. The predicted octanol–water partition coefficient (Wildman–Crippen LogP) is 1.47. The van der Waals surface area contributed by atoms with E-state index in [2.05, 4.69) is 27.6 Å². The molecule has 0 saturated carbocycles. The number of rotatable bonds is 6. The fraction of sp³-hybridized carbons (Fsp3) is 0.375. The van der Waals surface area contributed by atoms with Gasteiger partial charge in [-0.3, -0.25) is 9.67 Å². The number of nitrogens with one attached hydrogen (secondary N) is 2. The van der Waals surface area contributed by atoms with Gasteiger partial charge >= 0.3 is 0 Å². The lowest BCUT2D eigenvalue weighted by Crippen LogP contribution is -2.39. The first-order valence-electron chi connectivity index (χ1n) is 7.30. The summed E-state index contributed by atoms with van der Waals surface area (Å²) in [5, 5.41) is 10.6. The van der Waals surface area contributed by atoms with E-state index in [1.54, 1.807) is 13.2 Å². The topological polar surface area (TPSA) is 63.5 Å². The van der Waals surface area contributed by atoms with Crippen LogP contribution in [0.1, 0.15) is 11.3 Å². The number of benzene rings is 1. The largest absolute Gasteiger partial charge is 0.492 e. The van der Waals surface area contributed by atoms with E-state index in [9.17, 15) is 0 Å². The van der Waals surface area contributed by atoms with Gasteiger partial charge in [-0.1, -0.05) is 17.7 Å². The molecule has 0 bridgehead atoms. The first kappa shape index (κ1) is 15.9. The van der Waals surface area contributed by atoms with E-state index in [-0.39, 0.29) is 0 Å². The zero-order chi connectivity index (χ0) is 15.8. The Hall–Kier alpha value is -2.50. The predicted molar refractivity (Wildman–Crippen MR) is 88.1 cm³/mol. The molecule has 0 aliphatic carbocycles. The zero-order valence-corrected chi connectivity index (χ0v) is 13.3. The number of hydrogen-bond donors (Lipinski definition) is 2. The van der Waals surface area contributed by atoms with Crippen LogP contribution < -0.4 is 15.4 Å². The maximum absolute atomic E-state index is 5.67. The highest BCUT2D eigenvalue weighted by atomic mass is 16.5. The van der Waals surface area contributed by atoms with Crippen LogP contribution in [-0.2, 0) is 13.6 Å². The van der Waals surface area contributed by atoms with E-state index >= 15 is 0 Å². The maximum Gasteiger partial charge on any atom is 0.191 e. The van der Waals surface area contributed by atoms with Crippen molar-refractivity contribution in [2.45, 2.75) is 13.5 Å². The summed E-state index contributed by atoms with van der Waals surface area (Å²) in [7, 11) is 3.67. The summed E-state index contributed by atoms with van der Waals surface area (Å²) >= 11 is 0. The summed E-state index contributed by atoms with van der Waals surface area (Å²) in [6.07, 6.45) is 1.78. The van der Waals surface area contributed by atoms with Crippen molar-refractivity contribution in [3.05, 3.63) is 47.8 Å². The summed E-state index contributed by atoms with van der Waals surface area (Å²) < 4.78 is 7.50. The van der Waals surface area contributed by atoms with E-state index in [1.165, 1.54) is 5.56 Å². The zero-order valence-electron chi connectivity index (χ0n) is 13.3. The molecule has 0 spiro atoms. The van der Waals surface area contributed by atoms with Crippen molar-refractivity contribution in [3.63, 3.8) is 0 Å². The quantitative estimate of drug-likeness (QED) is 0.482. The van der Waals surface area contributed by atoms with E-state index < -0.39 is 0 Å². The van der Waals surface area contributed by atoms with Gasteiger partial charge in [-0.25, -0.2) is 0 Å². The number of aromatic nitrogens is 2. The lowest BCUT2D eigenvalue weighted by molar-refractivity contribution is 0.322. The van der Waals surface area contributed by atoms with E-state index in [4.69, 9.17) is 4.74 Å². The third-order valence-electron chi connectivity index (χ3n) is 3.27. The van der Waals surface area contributed by atoms with Crippen LogP contribution in [0.25, 0.3) is 0 Å². The summed E-state index contributed by atoms with van der Waals surface area (Å²) in [5.74, 6) is 1.62. The van der Waals surface area contributed by atoms with Crippen molar-refractivity contribution in [2.24, 2.45) is 12.0 Å². The van der Waals surface area contributed by atoms with E-state index in [0.717, 1.165) is 17.4 Å². The van der Waals surface area contributed by atoms with Crippen LogP contribution in [0.2, 0.25) is 0 Å². The fourth-order valence-corrected chi connectivity index (χ4v) is 1.94. The normalized spacial score (nSPS) is 11.3. The average molecular weight is 301 g/mol. The molecular formula is C16H23N5O. The van der Waals surface area contributed by atoms with Crippen LogP contribution in [-0.4, -0.2) is 35.9 Å². The molecule has 118 valence electrons. The molecule has 0 fully saturated rings. The second-order valence-corrected chi connectivity index (χ2v) is 4.96. The van der Waals surface area contributed by atoms with Crippen molar-refractivity contribution < 1.29 is 4.74 Å². The van der Waals surface area contributed by atoms with Gasteiger partial charge in [0.15, 0.2) is 5.96 Å². The average Bonchev–Trinajstić information content (AvgIpc) is 2.93. The molecule has 6 nitrogen and oxygen atoms in total. The second-order valence-electron chi connectivity index (χ2n) is 4.96. The molecule has 0 aliphatic heterocycles. The Labute approximate surface area is 131 Å². The van der Waals surface area contributed by atoms with Gasteiger partial charge in [0.2, 0.25) is 0 Å². The number of aryl methyl sites for hydroxylation is 2. The highest BCUT2D eigenvalue weighted by Crippen LogP contribution is 2.10. The smallest absolute Gasteiger partial charge is 0.191 e. The van der Waals surface area contributed by atoms with Gasteiger partial charge in [-0.15, -0.1) is 0 Å². The van der Waals surface area contributed by atoms with Gasteiger partial charge in [-0.2, -0.15) is 5.10 Å². The van der Waals surface area contributed by atoms with Crippen LogP contribution in [0.4, 0.5) is 0 Å². The first-order chi connectivity index (χ1) is 10.7. The molecule has 0 saturated heterocycles. The number of ether oxygens (including phenoxy) is 1. The van der Waals surface area contributed by atoms with E-state index in [1.807, 2.05) is 42.1 Å². The number of nitrogens with zero attached hydrogens (tertiary/aromatic N) is 3. The minimum atomic E-state index is 0.579. The van der Waals surface area contributed by atoms with Crippen molar-refractivity contribution in [1.29, 1.82) is 0 Å². The van der Waals surface area contributed by atoms with Crippen molar-refractivity contribution in [3.8, 4) is 5.75 Å². The summed E-state index contributed by atoms with van der Waals surface area (Å²) in [6, 6.07) is 10.0. The van der Waals surface area contributed by atoms with Gasteiger partial charge in [0.25, 0.3) is 0 Å². The number of hydrogen-bond acceptors (Lipinski definition) is 3. The summed E-state index contributed by atoms with van der Waals surface area (Å²) in [4.78, 5) is 4.18. The molecule has 2 aromatic rings. The summed E-state index contributed by atoms with van der Waals surface area (Å²) in [5.41, 5.74) is 2.32. The van der Waals surface area contributed by atoms with Gasteiger partial charge in [0.1, 0.15) is 12.4 Å². The Morgan fingerprint density at radius 2 is 2.00 bits per heavy atom. The second kappa shape index (κ2) is 8.07. The Balaban J connectivity index is 1.68. The van der Waals surface area contributed by atoms with Crippen LogP contribution in [0.3, 0.4) is 0 Å². The molecule has 2 N–H and O–H groups in total. The van der Waals surface area contributed by atoms with E-state index in [0.29, 0.717) is 19.7 Å². The molecule has 0 radical (unpaired) electrons. The minimum Gasteiger partial charge on any atom is -0.492 e. The molecule has 0 unspecified atom stereocenters. The molecule has 0 atom stereocenters. The number of guanidine groups is 1. The molecular weight excluding hydrogens is 278 g/mol. The van der Waals surface area contributed by atoms with Crippen LogP contribution in [0.15, 0.2) is 41.5 Å². The molecule has 1 aromatic carbocycles. The molecule has 0 aliphatic rings. The van der Waals surface area contributed by atoms with Gasteiger partial charge in [-0.05, 0) is 25.1 Å². The van der Waals surface area contributed by atoms with Gasteiger partial charge < -0.3 is 15.4 Å². The molecule has 0 amide bonds. The third-order valence-corrected chi connectivity index (χ3v) is 3.27. The Bertz CT molecular complexity index is 603. The number of aliphatic imine (C=N–C) groups is 1. The standard InChI is InChI=1S/C16H23N5O/c1-13-4-6-15(7-5-13)22-11-10-18-16(17-2)19-12-14-8-9-20-21(14)3/h4-9H,10-12H2,1-3H3,(H2,17,18,19). The third kappa shape index (κ3) is 4.80. The molecule has 6 heteroatoms. The fourth-order valence-electron chi connectivity index (χ4n) is 1.94. The van der Waals surface area contributed by atoms with Crippen LogP contribution >= 0.6 is 0 Å². The Kier molecular flexibility index (Phi) is 5.82. The molecule has 22 heavy (non-hydrogen) atoms. The van der Waals surface area contributed by atoms with Crippen LogP contribution in [0.5, 0.6) is 5.75 Å². The van der Waals surface area contributed by atoms with Gasteiger partial charge in [0, 0.05) is 20.3 Å². The first-order valence-corrected chi connectivity index (χ1v) is 7.30. The molecule has 2 rings (SSSR count). The monoisotopic (exact) mass is 301 g/mol. The molecule has 1 aromatic heterocycles. The SMILES string of the molecule is CN=C(NCCOc1ccc(C)cc1)NCc1ccnn1C.